The smallest absolute Gasteiger partial charge is 0.194 e. The quantitative estimate of drug-likeness (QED) is 0.294. The molecule has 0 heterocycles. The van der Waals surface area contributed by atoms with Gasteiger partial charge in [-0.15, -0.1) is 6.61 Å². The lowest BCUT2D eigenvalue weighted by Crippen LogP contribution is -2.11. The third kappa shape index (κ3) is 11.6. The molecule has 118 valence electrons. The fraction of sp³-hybridized carbons (Fsp3) is 0.824. The lowest BCUT2D eigenvalue weighted by atomic mass is 10.1. The second-order valence-corrected chi connectivity index (χ2v) is 11.2. The highest BCUT2D eigenvalue weighted by Gasteiger charge is 2.28. The molecular weight excluding hydrogens is 267 g/mol. The van der Waals surface area contributed by atoms with Crippen LogP contribution in [0.2, 0.25) is 0 Å². The van der Waals surface area contributed by atoms with E-state index in [4.69, 9.17) is 0 Å². The summed E-state index contributed by atoms with van der Waals surface area (Å²) in [5.74, 6) is 0.252. The minimum Gasteiger partial charge on any atom is -0.854 e. The molecule has 2 nitrogen and oxygen atoms in total. The van der Waals surface area contributed by atoms with E-state index in [-0.39, 0.29) is 12.4 Å². The molecule has 0 fully saturated rings. The van der Waals surface area contributed by atoms with Crippen LogP contribution in [0.25, 0.3) is 0 Å². The minimum absolute atomic E-state index is 0.0850. The number of allylic oxidation sites excluding steroid dienone is 1. The minimum atomic E-state index is -1.07. The van der Waals surface area contributed by atoms with Crippen LogP contribution >= 0.6 is 7.26 Å². The molecule has 0 atom stereocenters. The zero-order chi connectivity index (χ0) is 15.4. The summed E-state index contributed by atoms with van der Waals surface area (Å²) in [6.45, 7) is 10.2. The maximum atomic E-state index is 11.7. The van der Waals surface area contributed by atoms with Crippen molar-refractivity contribution >= 4 is 13.0 Å². The van der Waals surface area contributed by atoms with E-state index < -0.39 is 7.26 Å². The van der Waals surface area contributed by atoms with Gasteiger partial charge in [0.25, 0.3) is 0 Å². The van der Waals surface area contributed by atoms with Crippen molar-refractivity contribution in [3.63, 3.8) is 0 Å². The topological polar surface area (TPSA) is 40.1 Å². The largest absolute Gasteiger partial charge is 0.854 e. The molecule has 0 saturated carbocycles. The number of carbonyl (C=O) groups is 1. The summed E-state index contributed by atoms with van der Waals surface area (Å²) in [7, 11) is -1.07. The second-order valence-electron chi connectivity index (χ2n) is 6.55. The molecule has 0 aliphatic heterocycles. The molecule has 0 saturated heterocycles. The van der Waals surface area contributed by atoms with Gasteiger partial charge in [0.1, 0.15) is 6.16 Å². The van der Waals surface area contributed by atoms with Crippen LogP contribution in [0.3, 0.4) is 0 Å². The average molecular weight is 300 g/mol. The van der Waals surface area contributed by atoms with Crippen molar-refractivity contribution in [1.82, 2.24) is 0 Å². The summed E-state index contributed by atoms with van der Waals surface area (Å²) in [4.78, 5) is 11.7. The van der Waals surface area contributed by atoms with Gasteiger partial charge in [0, 0.05) is 20.6 Å². The molecule has 0 rings (SSSR count). The highest BCUT2D eigenvalue weighted by atomic mass is 31.2. The van der Waals surface area contributed by atoms with Gasteiger partial charge in [-0.2, -0.15) is 0 Å². The van der Waals surface area contributed by atoms with E-state index in [1.165, 1.54) is 44.7 Å². The van der Waals surface area contributed by atoms with Gasteiger partial charge in [-0.05, 0) is 25.3 Å². The highest BCUT2D eigenvalue weighted by Crippen LogP contribution is 2.52. The molecule has 0 unspecified atom stereocenters. The molecule has 0 aromatic heterocycles. The third-order valence-corrected chi connectivity index (χ3v) is 6.38. The van der Waals surface area contributed by atoms with Crippen LogP contribution in [0, 0.1) is 0 Å². The summed E-state index contributed by atoms with van der Waals surface area (Å²) in [5.41, 5.74) is 0.705. The van der Waals surface area contributed by atoms with Crippen LogP contribution in [-0.2, 0) is 4.79 Å². The predicted molar refractivity (Wildman–Crippen MR) is 90.1 cm³/mol. The standard InChI is InChI=1S/C17H33O2P/c1-16(2)17(19)15-20(3,4)14-12-10-8-6-5-7-9-11-13-18/h1,5-15H2,2-4H3. The van der Waals surface area contributed by atoms with E-state index >= 15 is 0 Å². The van der Waals surface area contributed by atoms with Gasteiger partial charge in [0.2, 0.25) is 0 Å². The number of hydrogen-bond acceptors (Lipinski definition) is 2. The Bertz CT molecular complexity index is 285. The summed E-state index contributed by atoms with van der Waals surface area (Å²) in [6.07, 6.45) is 11.5. The first kappa shape index (κ1) is 19.8. The van der Waals surface area contributed by atoms with Crippen molar-refractivity contribution in [2.24, 2.45) is 0 Å². The van der Waals surface area contributed by atoms with Crippen molar-refractivity contribution in [3.8, 4) is 0 Å². The summed E-state index contributed by atoms with van der Waals surface area (Å²) in [5, 5.41) is 10.3. The van der Waals surface area contributed by atoms with Crippen LogP contribution < -0.4 is 5.11 Å². The molecule has 20 heavy (non-hydrogen) atoms. The summed E-state index contributed by atoms with van der Waals surface area (Å²) >= 11 is 0. The Hall–Kier alpha value is -0.200. The lowest BCUT2D eigenvalue weighted by Gasteiger charge is -2.17. The van der Waals surface area contributed by atoms with Gasteiger partial charge in [-0.3, -0.25) is 4.79 Å². The Balaban J connectivity index is 3.53. The molecule has 0 amide bonds. The Labute approximate surface area is 126 Å². The first-order valence-corrected chi connectivity index (χ1v) is 11.0. The fourth-order valence-electron chi connectivity index (χ4n) is 2.31. The Kier molecular flexibility index (Phi) is 11.3. The number of Topliss-reactive ketones (excluding diaryl/α,β-unsaturated/α-hetero) is 1. The molecule has 0 aromatic rings. The van der Waals surface area contributed by atoms with Crippen LogP contribution in [0.5, 0.6) is 0 Å². The van der Waals surface area contributed by atoms with Gasteiger partial charge >= 0.3 is 0 Å². The monoisotopic (exact) mass is 300 g/mol. The maximum absolute atomic E-state index is 11.7. The Morgan fingerprint density at radius 1 is 0.950 bits per heavy atom. The van der Waals surface area contributed by atoms with Gasteiger partial charge in [-0.25, -0.2) is 0 Å². The van der Waals surface area contributed by atoms with Crippen molar-refractivity contribution in [2.45, 2.75) is 58.3 Å². The highest BCUT2D eigenvalue weighted by molar-refractivity contribution is 7.75. The van der Waals surface area contributed by atoms with E-state index in [0.29, 0.717) is 5.57 Å². The van der Waals surface area contributed by atoms with Crippen molar-refractivity contribution < 1.29 is 9.90 Å². The van der Waals surface area contributed by atoms with Crippen molar-refractivity contribution in [3.05, 3.63) is 12.2 Å². The zero-order valence-electron chi connectivity index (χ0n) is 13.7. The number of ketones is 1. The molecule has 0 aliphatic rings. The molecule has 0 aromatic carbocycles. The van der Waals surface area contributed by atoms with Crippen molar-refractivity contribution in [2.75, 3.05) is 32.3 Å². The van der Waals surface area contributed by atoms with Gasteiger partial charge in [0.15, 0.2) is 5.78 Å². The first-order valence-electron chi connectivity index (χ1n) is 7.98. The fourth-order valence-corrected chi connectivity index (χ4v) is 4.59. The number of rotatable bonds is 13. The number of hydrogen-bond donors (Lipinski definition) is 0. The van der Waals surface area contributed by atoms with E-state index in [0.717, 1.165) is 19.0 Å². The van der Waals surface area contributed by atoms with Gasteiger partial charge in [0.05, 0.1) is 6.16 Å². The SMILES string of the molecule is C=C(C)C(=O)C[P+](C)(C)CCCCCCCCCC[O-]. The first-order chi connectivity index (χ1) is 9.39. The Morgan fingerprint density at radius 3 is 1.85 bits per heavy atom. The normalized spacial score (nSPS) is 11.6. The van der Waals surface area contributed by atoms with Crippen LogP contribution in [0.15, 0.2) is 12.2 Å². The zero-order valence-corrected chi connectivity index (χ0v) is 14.6. The maximum Gasteiger partial charge on any atom is 0.194 e. The lowest BCUT2D eigenvalue weighted by molar-refractivity contribution is -0.368. The predicted octanol–water partition coefficient (Wildman–Crippen LogP) is 3.89. The van der Waals surface area contributed by atoms with Crippen molar-refractivity contribution in [1.29, 1.82) is 0 Å². The summed E-state index contributed by atoms with van der Waals surface area (Å²) in [6, 6.07) is 0. The van der Waals surface area contributed by atoms with E-state index in [1.807, 2.05) is 6.92 Å². The molecule has 0 radical (unpaired) electrons. The molecule has 0 N–H and O–H groups in total. The molecule has 0 spiro atoms. The molecule has 0 aliphatic carbocycles. The van der Waals surface area contributed by atoms with Crippen LogP contribution in [0.4, 0.5) is 0 Å². The molecule has 3 heteroatoms. The Morgan fingerprint density at radius 2 is 1.40 bits per heavy atom. The van der Waals surface area contributed by atoms with E-state index in [9.17, 15) is 9.90 Å². The number of unbranched alkanes of at least 4 members (excludes halogenated alkanes) is 7. The van der Waals surface area contributed by atoms with E-state index in [1.54, 1.807) is 0 Å². The molecular formula is C17H33O2P. The molecule has 0 bridgehead atoms. The van der Waals surface area contributed by atoms with Crippen LogP contribution in [-0.4, -0.2) is 38.0 Å². The van der Waals surface area contributed by atoms with E-state index in [2.05, 4.69) is 19.9 Å². The third-order valence-electron chi connectivity index (χ3n) is 3.71. The summed E-state index contributed by atoms with van der Waals surface area (Å²) < 4.78 is 0. The van der Waals surface area contributed by atoms with Crippen LogP contribution in [0.1, 0.15) is 58.3 Å². The second kappa shape index (κ2) is 11.5. The van der Waals surface area contributed by atoms with Gasteiger partial charge in [-0.1, -0.05) is 45.1 Å². The average Bonchev–Trinajstić information content (AvgIpc) is 2.36. The number of carbonyl (C=O) groups excluding carboxylic acids is 1. The van der Waals surface area contributed by atoms with Gasteiger partial charge < -0.3 is 5.11 Å².